The van der Waals surface area contributed by atoms with Gasteiger partial charge in [-0.2, -0.15) is 0 Å². The van der Waals surface area contributed by atoms with Crippen LogP contribution < -0.4 is 14.8 Å². The molecule has 3 aromatic rings. The summed E-state index contributed by atoms with van der Waals surface area (Å²) in [6.07, 6.45) is 5.79. The molecule has 1 fully saturated rings. The molecule has 0 heterocycles. The number of nitrogens with zero attached hydrogens (tertiary/aromatic N) is 1. The van der Waals surface area contributed by atoms with Crippen LogP contribution in [0.5, 0.6) is 11.5 Å². The molecular weight excluding hydrogens is 512 g/mol. The first-order chi connectivity index (χ1) is 19.7. The molecule has 0 bridgehead atoms. The van der Waals surface area contributed by atoms with E-state index in [2.05, 4.69) is 26.1 Å². The monoisotopic (exact) mass is 556 g/mol. The molecule has 2 amide bonds. The van der Waals surface area contributed by atoms with E-state index in [-0.39, 0.29) is 36.4 Å². The van der Waals surface area contributed by atoms with Gasteiger partial charge in [0, 0.05) is 19.0 Å². The van der Waals surface area contributed by atoms with E-state index >= 15 is 0 Å². The van der Waals surface area contributed by atoms with E-state index < -0.39 is 6.04 Å². The number of benzene rings is 3. The van der Waals surface area contributed by atoms with Crippen LogP contribution in [-0.2, 0) is 28.0 Å². The molecule has 0 aliphatic heterocycles. The van der Waals surface area contributed by atoms with Crippen LogP contribution >= 0.6 is 0 Å². The second-order valence-corrected chi connectivity index (χ2v) is 12.0. The second kappa shape index (κ2) is 14.2. The average Bonchev–Trinajstić information content (AvgIpc) is 2.98. The Morgan fingerprint density at radius 3 is 2.22 bits per heavy atom. The number of carbonyl (C=O) groups is 2. The van der Waals surface area contributed by atoms with Gasteiger partial charge in [-0.15, -0.1) is 0 Å². The molecule has 0 radical (unpaired) electrons. The predicted octanol–water partition coefficient (Wildman–Crippen LogP) is 6.46. The normalized spacial score (nSPS) is 14.6. The smallest absolute Gasteiger partial charge is 0.261 e. The Bertz CT molecular complexity index is 1260. The highest BCUT2D eigenvalue weighted by Crippen LogP contribution is 2.25. The summed E-state index contributed by atoms with van der Waals surface area (Å²) in [5.74, 6) is 0.967. The van der Waals surface area contributed by atoms with Crippen LogP contribution in [0.15, 0.2) is 78.9 Å². The second-order valence-electron chi connectivity index (χ2n) is 12.0. The molecule has 6 heteroatoms. The maximum atomic E-state index is 13.9. The van der Waals surface area contributed by atoms with Crippen molar-refractivity contribution in [2.75, 3.05) is 13.7 Å². The van der Waals surface area contributed by atoms with Gasteiger partial charge in [-0.05, 0) is 59.2 Å². The van der Waals surface area contributed by atoms with Gasteiger partial charge in [-0.3, -0.25) is 9.59 Å². The molecule has 1 saturated carbocycles. The van der Waals surface area contributed by atoms with Gasteiger partial charge in [0.05, 0.1) is 7.11 Å². The fourth-order valence-corrected chi connectivity index (χ4v) is 5.34. The first kappa shape index (κ1) is 30.2. The van der Waals surface area contributed by atoms with E-state index in [0.717, 1.165) is 36.8 Å². The Morgan fingerprint density at radius 1 is 0.878 bits per heavy atom. The van der Waals surface area contributed by atoms with E-state index in [1.165, 1.54) is 12.0 Å². The standard InChI is InChI=1S/C35H44N2O4/c1-35(2,3)28-18-20-30(21-19-28)41-25-33(38)37(24-27-14-11-17-31(22-27)40-4)32(23-26-12-7-5-8-13-26)34(39)36-29-15-9-6-10-16-29/h5,7-8,11-14,17-22,29,32H,6,9-10,15-16,23-25H2,1-4H3,(H,36,39)/t32-/m0/s1. The number of hydrogen-bond donors (Lipinski definition) is 1. The lowest BCUT2D eigenvalue weighted by molar-refractivity contribution is -0.143. The summed E-state index contributed by atoms with van der Waals surface area (Å²) < 4.78 is 11.4. The zero-order valence-electron chi connectivity index (χ0n) is 24.9. The third-order valence-corrected chi connectivity index (χ3v) is 7.79. The van der Waals surface area contributed by atoms with Crippen LogP contribution in [-0.4, -0.2) is 42.5 Å². The molecule has 41 heavy (non-hydrogen) atoms. The van der Waals surface area contributed by atoms with Crippen LogP contribution in [0, 0.1) is 0 Å². The molecular formula is C35H44N2O4. The van der Waals surface area contributed by atoms with Crippen LogP contribution in [0.2, 0.25) is 0 Å². The minimum absolute atomic E-state index is 0.0260. The van der Waals surface area contributed by atoms with E-state index in [1.807, 2.05) is 78.9 Å². The summed E-state index contributed by atoms with van der Waals surface area (Å²) in [7, 11) is 1.62. The van der Waals surface area contributed by atoms with Gasteiger partial charge >= 0.3 is 0 Å². The van der Waals surface area contributed by atoms with Crippen molar-refractivity contribution >= 4 is 11.8 Å². The average molecular weight is 557 g/mol. The Balaban J connectivity index is 1.60. The fraction of sp³-hybridized carbons (Fsp3) is 0.429. The van der Waals surface area contributed by atoms with E-state index in [9.17, 15) is 9.59 Å². The Labute approximate surface area is 245 Å². The molecule has 0 unspecified atom stereocenters. The molecule has 3 aromatic carbocycles. The highest BCUT2D eigenvalue weighted by molar-refractivity contribution is 5.88. The first-order valence-electron chi connectivity index (χ1n) is 14.7. The molecule has 1 aliphatic rings. The zero-order valence-corrected chi connectivity index (χ0v) is 24.9. The minimum atomic E-state index is -0.690. The van der Waals surface area contributed by atoms with Crippen molar-refractivity contribution in [2.45, 2.75) is 83.3 Å². The molecule has 0 saturated heterocycles. The highest BCUT2D eigenvalue weighted by atomic mass is 16.5. The van der Waals surface area contributed by atoms with Crippen LogP contribution in [0.4, 0.5) is 0 Å². The Kier molecular flexibility index (Phi) is 10.4. The lowest BCUT2D eigenvalue weighted by atomic mass is 9.87. The van der Waals surface area contributed by atoms with Gasteiger partial charge < -0.3 is 19.7 Å². The maximum absolute atomic E-state index is 13.9. The van der Waals surface area contributed by atoms with Crippen molar-refractivity contribution in [1.82, 2.24) is 10.2 Å². The van der Waals surface area contributed by atoms with Crippen molar-refractivity contribution in [3.05, 3.63) is 95.6 Å². The molecule has 6 nitrogen and oxygen atoms in total. The SMILES string of the molecule is COc1cccc(CN(C(=O)COc2ccc(C(C)(C)C)cc2)[C@@H](Cc2ccccc2)C(=O)NC2CCCCC2)c1. The van der Waals surface area contributed by atoms with Crippen molar-refractivity contribution in [3.8, 4) is 11.5 Å². The van der Waals surface area contributed by atoms with Gasteiger partial charge in [-0.25, -0.2) is 0 Å². The third-order valence-electron chi connectivity index (χ3n) is 7.79. The molecule has 1 aliphatic carbocycles. The Hall–Kier alpha value is -3.80. The molecule has 1 atom stereocenters. The van der Waals surface area contributed by atoms with Crippen molar-refractivity contribution in [3.63, 3.8) is 0 Å². The minimum Gasteiger partial charge on any atom is -0.497 e. The van der Waals surface area contributed by atoms with E-state index in [1.54, 1.807) is 12.0 Å². The van der Waals surface area contributed by atoms with E-state index in [4.69, 9.17) is 9.47 Å². The summed E-state index contributed by atoms with van der Waals surface area (Å²) in [4.78, 5) is 29.5. The number of ether oxygens (including phenoxy) is 2. The van der Waals surface area contributed by atoms with Crippen molar-refractivity contribution < 1.29 is 19.1 Å². The van der Waals surface area contributed by atoms with Crippen LogP contribution in [0.25, 0.3) is 0 Å². The molecule has 1 N–H and O–H groups in total. The molecule has 4 rings (SSSR count). The topological polar surface area (TPSA) is 67.9 Å². The summed E-state index contributed by atoms with van der Waals surface area (Å²) >= 11 is 0. The lowest BCUT2D eigenvalue weighted by Gasteiger charge is -2.33. The third kappa shape index (κ3) is 8.84. The predicted molar refractivity (Wildman–Crippen MR) is 163 cm³/mol. The highest BCUT2D eigenvalue weighted by Gasteiger charge is 2.32. The van der Waals surface area contributed by atoms with Gasteiger partial charge in [0.15, 0.2) is 6.61 Å². The van der Waals surface area contributed by atoms with E-state index in [0.29, 0.717) is 17.9 Å². The van der Waals surface area contributed by atoms with Gasteiger partial charge in [0.2, 0.25) is 5.91 Å². The number of amides is 2. The molecule has 218 valence electrons. The number of rotatable bonds is 11. The summed E-state index contributed by atoms with van der Waals surface area (Å²) in [6.45, 7) is 6.58. The summed E-state index contributed by atoms with van der Waals surface area (Å²) in [6, 6.07) is 24.8. The molecule has 0 aromatic heterocycles. The van der Waals surface area contributed by atoms with Gasteiger partial charge in [-0.1, -0.05) is 94.6 Å². The first-order valence-corrected chi connectivity index (χ1v) is 14.7. The number of nitrogens with one attached hydrogen (secondary N) is 1. The number of carbonyl (C=O) groups excluding carboxylic acids is 2. The van der Waals surface area contributed by atoms with Crippen molar-refractivity contribution in [2.24, 2.45) is 0 Å². The quantitative estimate of drug-likeness (QED) is 0.294. The maximum Gasteiger partial charge on any atom is 0.261 e. The Morgan fingerprint density at radius 2 is 1.56 bits per heavy atom. The van der Waals surface area contributed by atoms with Gasteiger partial charge in [0.25, 0.3) is 5.91 Å². The molecule has 0 spiro atoms. The van der Waals surface area contributed by atoms with Crippen LogP contribution in [0.1, 0.15) is 69.6 Å². The fourth-order valence-electron chi connectivity index (χ4n) is 5.34. The summed E-state index contributed by atoms with van der Waals surface area (Å²) in [5.41, 5.74) is 3.10. The van der Waals surface area contributed by atoms with Gasteiger partial charge in [0.1, 0.15) is 17.5 Å². The number of hydrogen-bond acceptors (Lipinski definition) is 4. The largest absolute Gasteiger partial charge is 0.497 e. The zero-order chi connectivity index (χ0) is 29.2. The van der Waals surface area contributed by atoms with Crippen molar-refractivity contribution in [1.29, 1.82) is 0 Å². The van der Waals surface area contributed by atoms with Crippen LogP contribution in [0.3, 0.4) is 0 Å². The summed E-state index contributed by atoms with van der Waals surface area (Å²) in [5, 5.41) is 3.28. The lowest BCUT2D eigenvalue weighted by Crippen LogP contribution is -2.53. The number of methoxy groups -OCH3 is 1.